The van der Waals surface area contributed by atoms with Gasteiger partial charge in [-0.15, -0.1) is 12.4 Å². The first-order valence-electron chi connectivity index (χ1n) is 7.23. The molecule has 6 nitrogen and oxygen atoms in total. The standard InChI is InChI=1S/C13H27N3O3S.ClH/c1-10(11(2)14)13(17)16-9-5-4-6-12(16)7-8-15-20(3,18)19;/h10-12,15H,4-9,14H2,1-3H3;1H. The summed E-state index contributed by atoms with van der Waals surface area (Å²) in [6, 6.07) is -0.0501. The van der Waals surface area contributed by atoms with E-state index in [0.717, 1.165) is 32.1 Å². The monoisotopic (exact) mass is 341 g/mol. The van der Waals surface area contributed by atoms with Crippen molar-refractivity contribution < 1.29 is 13.2 Å². The number of nitrogens with two attached hydrogens (primary N) is 1. The number of likely N-dealkylation sites (tertiary alicyclic amines) is 1. The molecular formula is C13H28ClN3O3S. The van der Waals surface area contributed by atoms with E-state index >= 15 is 0 Å². The highest BCUT2D eigenvalue weighted by Gasteiger charge is 2.30. The van der Waals surface area contributed by atoms with Crippen LogP contribution in [0.25, 0.3) is 0 Å². The lowest BCUT2D eigenvalue weighted by Gasteiger charge is -2.38. The zero-order valence-corrected chi connectivity index (χ0v) is 14.7. The van der Waals surface area contributed by atoms with Crippen LogP contribution < -0.4 is 10.5 Å². The first-order chi connectivity index (χ1) is 9.22. The number of hydrogen-bond donors (Lipinski definition) is 2. The van der Waals surface area contributed by atoms with Crippen molar-refractivity contribution >= 4 is 28.3 Å². The Hall–Kier alpha value is -0.370. The van der Waals surface area contributed by atoms with Gasteiger partial charge in [-0.05, 0) is 32.6 Å². The third-order valence-electron chi connectivity index (χ3n) is 3.93. The molecule has 0 aromatic carbocycles. The van der Waals surface area contributed by atoms with Gasteiger partial charge in [-0.2, -0.15) is 0 Å². The Balaban J connectivity index is 0.00000400. The highest BCUT2D eigenvalue weighted by molar-refractivity contribution is 7.88. The molecule has 3 N–H and O–H groups in total. The smallest absolute Gasteiger partial charge is 0.227 e. The van der Waals surface area contributed by atoms with Crippen LogP contribution in [-0.2, 0) is 14.8 Å². The number of halogens is 1. The summed E-state index contributed by atoms with van der Waals surface area (Å²) in [5.41, 5.74) is 5.81. The number of rotatable bonds is 6. The molecule has 0 saturated carbocycles. The quantitative estimate of drug-likeness (QED) is 0.744. The van der Waals surface area contributed by atoms with E-state index in [0.29, 0.717) is 13.0 Å². The molecular weight excluding hydrogens is 314 g/mol. The molecule has 0 radical (unpaired) electrons. The highest BCUT2D eigenvalue weighted by Crippen LogP contribution is 2.22. The van der Waals surface area contributed by atoms with E-state index in [9.17, 15) is 13.2 Å². The number of hydrogen-bond acceptors (Lipinski definition) is 4. The Morgan fingerprint density at radius 3 is 2.52 bits per heavy atom. The second-order valence-electron chi connectivity index (χ2n) is 5.78. The molecule has 1 amide bonds. The summed E-state index contributed by atoms with van der Waals surface area (Å²) in [7, 11) is -3.17. The molecule has 21 heavy (non-hydrogen) atoms. The molecule has 3 atom stereocenters. The fourth-order valence-electron chi connectivity index (χ4n) is 2.49. The van der Waals surface area contributed by atoms with E-state index in [1.165, 1.54) is 0 Å². The van der Waals surface area contributed by atoms with Gasteiger partial charge >= 0.3 is 0 Å². The molecule has 1 heterocycles. The van der Waals surface area contributed by atoms with Crippen LogP contribution in [0.3, 0.4) is 0 Å². The van der Waals surface area contributed by atoms with Crippen LogP contribution in [0.5, 0.6) is 0 Å². The minimum atomic E-state index is -3.17. The van der Waals surface area contributed by atoms with Crippen LogP contribution in [0, 0.1) is 5.92 Å². The van der Waals surface area contributed by atoms with Crippen molar-refractivity contribution in [2.45, 2.75) is 51.6 Å². The van der Waals surface area contributed by atoms with Gasteiger partial charge in [-0.25, -0.2) is 13.1 Å². The summed E-state index contributed by atoms with van der Waals surface area (Å²) in [5.74, 6) is -0.109. The molecule has 8 heteroatoms. The maximum Gasteiger partial charge on any atom is 0.227 e. The molecule has 1 fully saturated rings. The van der Waals surface area contributed by atoms with Gasteiger partial charge < -0.3 is 10.6 Å². The molecule has 0 aromatic rings. The third-order valence-corrected chi connectivity index (χ3v) is 4.66. The van der Waals surface area contributed by atoms with Gasteiger partial charge in [0.2, 0.25) is 15.9 Å². The van der Waals surface area contributed by atoms with E-state index in [1.54, 1.807) is 0 Å². The molecule has 0 aromatic heterocycles. The molecule has 1 aliphatic heterocycles. The SMILES string of the molecule is CC(N)C(C)C(=O)N1CCCCC1CCNS(C)(=O)=O.Cl. The van der Waals surface area contributed by atoms with Crippen LogP contribution in [0.4, 0.5) is 0 Å². The van der Waals surface area contributed by atoms with Crippen LogP contribution in [0.1, 0.15) is 39.5 Å². The van der Waals surface area contributed by atoms with Crippen LogP contribution >= 0.6 is 12.4 Å². The fourth-order valence-corrected chi connectivity index (χ4v) is 2.98. The van der Waals surface area contributed by atoms with Gasteiger partial charge in [-0.3, -0.25) is 4.79 Å². The highest BCUT2D eigenvalue weighted by atomic mass is 35.5. The van der Waals surface area contributed by atoms with Crippen molar-refractivity contribution in [1.82, 2.24) is 9.62 Å². The van der Waals surface area contributed by atoms with Gasteiger partial charge in [-0.1, -0.05) is 6.92 Å². The molecule has 3 unspecified atom stereocenters. The Morgan fingerprint density at radius 2 is 2.00 bits per heavy atom. The summed E-state index contributed by atoms with van der Waals surface area (Å²) in [6.45, 7) is 4.82. The summed E-state index contributed by atoms with van der Waals surface area (Å²) in [5, 5.41) is 0. The molecule has 1 aliphatic rings. The maximum atomic E-state index is 12.4. The lowest BCUT2D eigenvalue weighted by atomic mass is 9.95. The van der Waals surface area contributed by atoms with Gasteiger partial charge in [0.05, 0.1) is 12.2 Å². The third kappa shape index (κ3) is 6.95. The number of sulfonamides is 1. The molecule has 0 bridgehead atoms. The molecule has 0 aliphatic carbocycles. The van der Waals surface area contributed by atoms with E-state index in [2.05, 4.69) is 4.72 Å². The van der Waals surface area contributed by atoms with Gasteiger partial charge in [0.1, 0.15) is 0 Å². The summed E-state index contributed by atoms with van der Waals surface area (Å²) < 4.78 is 24.6. The van der Waals surface area contributed by atoms with Crippen LogP contribution in [0.2, 0.25) is 0 Å². The van der Waals surface area contributed by atoms with Crippen molar-refractivity contribution in [3.05, 3.63) is 0 Å². The van der Waals surface area contributed by atoms with Crippen molar-refractivity contribution in [2.75, 3.05) is 19.3 Å². The second-order valence-corrected chi connectivity index (χ2v) is 7.62. The Morgan fingerprint density at radius 1 is 1.38 bits per heavy atom. The Kier molecular flexibility index (Phi) is 8.77. The largest absolute Gasteiger partial charge is 0.339 e. The van der Waals surface area contributed by atoms with E-state index in [4.69, 9.17) is 5.73 Å². The van der Waals surface area contributed by atoms with Crippen molar-refractivity contribution in [3.63, 3.8) is 0 Å². The predicted octanol–water partition coefficient (Wildman–Crippen LogP) is 0.712. The van der Waals surface area contributed by atoms with Crippen molar-refractivity contribution in [3.8, 4) is 0 Å². The number of amides is 1. The molecule has 126 valence electrons. The van der Waals surface area contributed by atoms with E-state index in [1.807, 2.05) is 18.7 Å². The molecule has 1 rings (SSSR count). The zero-order valence-electron chi connectivity index (χ0n) is 13.0. The number of nitrogens with one attached hydrogen (secondary N) is 1. The minimum absolute atomic E-state index is 0. The second kappa shape index (κ2) is 8.92. The average molecular weight is 342 g/mol. The minimum Gasteiger partial charge on any atom is -0.339 e. The van der Waals surface area contributed by atoms with Gasteiger partial charge in [0.15, 0.2) is 0 Å². The molecule has 0 spiro atoms. The van der Waals surface area contributed by atoms with Gasteiger partial charge in [0.25, 0.3) is 0 Å². The summed E-state index contributed by atoms with van der Waals surface area (Å²) >= 11 is 0. The first kappa shape index (κ1) is 20.6. The number of nitrogens with zero attached hydrogens (tertiary/aromatic N) is 1. The van der Waals surface area contributed by atoms with Crippen molar-refractivity contribution in [2.24, 2.45) is 11.7 Å². The molecule has 1 saturated heterocycles. The predicted molar refractivity (Wildman–Crippen MR) is 86.9 cm³/mol. The topological polar surface area (TPSA) is 92.5 Å². The maximum absolute atomic E-state index is 12.4. The number of piperidine rings is 1. The zero-order chi connectivity index (χ0) is 15.3. The Labute approximate surface area is 134 Å². The normalized spacial score (nSPS) is 22.3. The lowest BCUT2D eigenvalue weighted by Crippen LogP contribution is -2.49. The fraction of sp³-hybridized carbons (Fsp3) is 0.923. The number of carbonyl (C=O) groups is 1. The lowest BCUT2D eigenvalue weighted by molar-refractivity contribution is -0.139. The first-order valence-corrected chi connectivity index (χ1v) is 9.12. The van der Waals surface area contributed by atoms with E-state index < -0.39 is 10.0 Å². The summed E-state index contributed by atoms with van der Waals surface area (Å²) in [4.78, 5) is 14.3. The average Bonchev–Trinajstić information content (AvgIpc) is 2.36. The van der Waals surface area contributed by atoms with E-state index in [-0.39, 0.29) is 36.3 Å². The summed E-state index contributed by atoms with van der Waals surface area (Å²) in [6.07, 6.45) is 4.83. The van der Waals surface area contributed by atoms with Gasteiger partial charge in [0, 0.05) is 25.2 Å². The van der Waals surface area contributed by atoms with Crippen LogP contribution in [0.15, 0.2) is 0 Å². The van der Waals surface area contributed by atoms with Crippen molar-refractivity contribution in [1.29, 1.82) is 0 Å². The Bertz CT molecular complexity index is 428. The van der Waals surface area contributed by atoms with Crippen LogP contribution in [-0.4, -0.2) is 50.7 Å². The number of carbonyl (C=O) groups excluding carboxylic acids is 1.